The zero-order chi connectivity index (χ0) is 7.56. The highest BCUT2D eigenvalue weighted by Gasteiger charge is 2.19. The summed E-state index contributed by atoms with van der Waals surface area (Å²) in [6, 6.07) is 0.0683. The molecular formula is C7H14N2O. The molecular weight excluding hydrogens is 128 g/mol. The van der Waals surface area contributed by atoms with Crippen LogP contribution in [0.15, 0.2) is 0 Å². The molecule has 3 heteroatoms. The molecule has 1 aliphatic rings. The van der Waals surface area contributed by atoms with Gasteiger partial charge in [0.05, 0.1) is 6.04 Å². The van der Waals surface area contributed by atoms with Crippen molar-refractivity contribution in [1.29, 1.82) is 0 Å². The number of piperazine rings is 1. The zero-order valence-electron chi connectivity index (χ0n) is 6.55. The van der Waals surface area contributed by atoms with Gasteiger partial charge in [0.2, 0.25) is 0 Å². The van der Waals surface area contributed by atoms with E-state index in [9.17, 15) is 4.79 Å². The fraction of sp³-hybridized carbons (Fsp3) is 0.857. The summed E-state index contributed by atoms with van der Waals surface area (Å²) in [5, 5.41) is 3.16. The Morgan fingerprint density at radius 1 is 1.70 bits per heavy atom. The van der Waals surface area contributed by atoms with Crippen LogP contribution < -0.4 is 5.32 Å². The quantitative estimate of drug-likeness (QED) is 0.534. The van der Waals surface area contributed by atoms with Gasteiger partial charge in [-0.25, -0.2) is 0 Å². The fourth-order valence-electron chi connectivity index (χ4n) is 1.17. The lowest BCUT2D eigenvalue weighted by Crippen LogP contribution is -2.52. The van der Waals surface area contributed by atoms with Crippen molar-refractivity contribution in [3.05, 3.63) is 0 Å². The molecule has 1 rings (SSSR count). The number of carbonyl (C=O) groups is 1. The van der Waals surface area contributed by atoms with Gasteiger partial charge in [-0.3, -0.25) is 4.79 Å². The van der Waals surface area contributed by atoms with Crippen LogP contribution in [-0.2, 0) is 4.79 Å². The van der Waals surface area contributed by atoms with Crippen molar-refractivity contribution < 1.29 is 4.79 Å². The number of carbonyl (C=O) groups excluding carboxylic acids is 1. The summed E-state index contributed by atoms with van der Waals surface area (Å²) in [7, 11) is 2.04. The number of ketones is 1. The summed E-state index contributed by atoms with van der Waals surface area (Å²) >= 11 is 0. The minimum atomic E-state index is 0.0683. The monoisotopic (exact) mass is 142 g/mol. The van der Waals surface area contributed by atoms with Crippen molar-refractivity contribution in [1.82, 2.24) is 10.2 Å². The van der Waals surface area contributed by atoms with Gasteiger partial charge < -0.3 is 10.2 Å². The summed E-state index contributed by atoms with van der Waals surface area (Å²) in [5.74, 6) is 0.242. The number of Topliss-reactive ketones (excluding diaryl/α,β-unsaturated/α-hetero) is 1. The first-order valence-electron chi connectivity index (χ1n) is 3.62. The molecule has 0 aromatic carbocycles. The molecule has 1 atom stereocenters. The molecule has 1 aliphatic heterocycles. The molecule has 1 heterocycles. The number of nitrogens with one attached hydrogen (secondary N) is 1. The maximum atomic E-state index is 10.9. The van der Waals surface area contributed by atoms with E-state index in [0.717, 1.165) is 19.6 Å². The zero-order valence-corrected chi connectivity index (χ0v) is 6.55. The Kier molecular flexibility index (Phi) is 2.40. The Hall–Kier alpha value is -0.410. The van der Waals surface area contributed by atoms with Gasteiger partial charge in [0.1, 0.15) is 5.78 Å². The van der Waals surface area contributed by atoms with Crippen LogP contribution >= 0.6 is 0 Å². The van der Waals surface area contributed by atoms with Crippen molar-refractivity contribution in [3.63, 3.8) is 0 Å². The Bertz CT molecular complexity index is 136. The number of likely N-dealkylation sites (N-methyl/N-ethyl adjacent to an activating group) is 1. The van der Waals surface area contributed by atoms with Gasteiger partial charge in [-0.2, -0.15) is 0 Å². The van der Waals surface area contributed by atoms with Crippen LogP contribution in [-0.4, -0.2) is 43.4 Å². The topological polar surface area (TPSA) is 32.3 Å². The predicted molar refractivity (Wildman–Crippen MR) is 40.0 cm³/mol. The second-order valence-corrected chi connectivity index (χ2v) is 2.88. The summed E-state index contributed by atoms with van der Waals surface area (Å²) in [6.07, 6.45) is 0. The number of rotatable bonds is 1. The number of hydrogen-bond donors (Lipinski definition) is 1. The molecule has 0 saturated carbocycles. The third kappa shape index (κ3) is 1.78. The predicted octanol–water partition coefficient (Wildman–Crippen LogP) is -0.521. The third-order valence-corrected chi connectivity index (χ3v) is 1.87. The summed E-state index contributed by atoms with van der Waals surface area (Å²) < 4.78 is 0. The Labute approximate surface area is 61.4 Å². The summed E-state index contributed by atoms with van der Waals surface area (Å²) in [6.45, 7) is 4.47. The third-order valence-electron chi connectivity index (χ3n) is 1.87. The minimum absolute atomic E-state index is 0.0683. The standard InChI is InChI=1S/C7H14N2O/c1-6(10)7-5-9(2)4-3-8-7/h7-8H,3-5H2,1-2H3/t7-/m0/s1. The molecule has 0 aliphatic carbocycles. The van der Waals surface area contributed by atoms with Gasteiger partial charge in [-0.1, -0.05) is 0 Å². The van der Waals surface area contributed by atoms with Gasteiger partial charge in [-0.15, -0.1) is 0 Å². The van der Waals surface area contributed by atoms with Crippen molar-refractivity contribution in [3.8, 4) is 0 Å². The molecule has 58 valence electrons. The highest BCUT2D eigenvalue weighted by Crippen LogP contribution is 1.95. The van der Waals surface area contributed by atoms with Gasteiger partial charge in [-0.05, 0) is 14.0 Å². The molecule has 0 amide bonds. The van der Waals surface area contributed by atoms with Crippen LogP contribution in [0, 0.1) is 0 Å². The van der Waals surface area contributed by atoms with Crippen molar-refractivity contribution in [2.24, 2.45) is 0 Å². The molecule has 0 unspecified atom stereocenters. The van der Waals surface area contributed by atoms with Gasteiger partial charge in [0.25, 0.3) is 0 Å². The fourth-order valence-corrected chi connectivity index (χ4v) is 1.17. The van der Waals surface area contributed by atoms with E-state index in [1.54, 1.807) is 6.92 Å². The van der Waals surface area contributed by atoms with Crippen molar-refractivity contribution in [2.75, 3.05) is 26.7 Å². The Morgan fingerprint density at radius 2 is 2.40 bits per heavy atom. The minimum Gasteiger partial charge on any atom is -0.305 e. The van der Waals surface area contributed by atoms with Crippen LogP contribution in [0.2, 0.25) is 0 Å². The first-order valence-corrected chi connectivity index (χ1v) is 3.62. The van der Waals surface area contributed by atoms with E-state index < -0.39 is 0 Å². The summed E-state index contributed by atoms with van der Waals surface area (Å²) in [4.78, 5) is 13.0. The normalized spacial score (nSPS) is 28.4. The Morgan fingerprint density at radius 3 is 2.80 bits per heavy atom. The van der Waals surface area contributed by atoms with E-state index >= 15 is 0 Å². The molecule has 0 aromatic heterocycles. The van der Waals surface area contributed by atoms with E-state index in [1.807, 2.05) is 7.05 Å². The lowest BCUT2D eigenvalue weighted by Gasteiger charge is -2.28. The van der Waals surface area contributed by atoms with Crippen molar-refractivity contribution in [2.45, 2.75) is 13.0 Å². The molecule has 10 heavy (non-hydrogen) atoms. The van der Waals surface area contributed by atoms with E-state index in [2.05, 4.69) is 10.2 Å². The first kappa shape index (κ1) is 7.69. The molecule has 1 saturated heterocycles. The van der Waals surface area contributed by atoms with Gasteiger partial charge >= 0.3 is 0 Å². The van der Waals surface area contributed by atoms with Crippen LogP contribution in [0.25, 0.3) is 0 Å². The molecule has 0 aromatic rings. The lowest BCUT2D eigenvalue weighted by molar-refractivity contribution is -0.119. The van der Waals surface area contributed by atoms with E-state index in [4.69, 9.17) is 0 Å². The molecule has 1 fully saturated rings. The number of hydrogen-bond acceptors (Lipinski definition) is 3. The average Bonchev–Trinajstić information content (AvgIpc) is 1.88. The van der Waals surface area contributed by atoms with Crippen molar-refractivity contribution >= 4 is 5.78 Å². The molecule has 0 radical (unpaired) electrons. The van der Waals surface area contributed by atoms with Gasteiger partial charge in [0.15, 0.2) is 0 Å². The van der Waals surface area contributed by atoms with E-state index in [-0.39, 0.29) is 11.8 Å². The largest absolute Gasteiger partial charge is 0.305 e. The smallest absolute Gasteiger partial charge is 0.147 e. The average molecular weight is 142 g/mol. The maximum absolute atomic E-state index is 10.9. The van der Waals surface area contributed by atoms with Crippen LogP contribution in [0.3, 0.4) is 0 Å². The summed E-state index contributed by atoms with van der Waals surface area (Å²) in [5.41, 5.74) is 0. The lowest BCUT2D eigenvalue weighted by atomic mass is 10.1. The molecule has 3 nitrogen and oxygen atoms in total. The highest BCUT2D eigenvalue weighted by atomic mass is 16.1. The maximum Gasteiger partial charge on any atom is 0.147 e. The van der Waals surface area contributed by atoms with E-state index in [0.29, 0.717) is 0 Å². The molecule has 0 bridgehead atoms. The molecule has 1 N–H and O–H groups in total. The van der Waals surface area contributed by atoms with Gasteiger partial charge in [0, 0.05) is 19.6 Å². The van der Waals surface area contributed by atoms with Crippen LogP contribution in [0.1, 0.15) is 6.92 Å². The highest BCUT2D eigenvalue weighted by molar-refractivity contribution is 5.81. The number of nitrogens with zero attached hydrogens (tertiary/aromatic N) is 1. The second-order valence-electron chi connectivity index (χ2n) is 2.88. The van der Waals surface area contributed by atoms with Crippen LogP contribution in [0.5, 0.6) is 0 Å². The Balaban J connectivity index is 2.39. The molecule has 0 spiro atoms. The van der Waals surface area contributed by atoms with E-state index in [1.165, 1.54) is 0 Å². The first-order chi connectivity index (χ1) is 4.70. The second kappa shape index (κ2) is 3.12. The van der Waals surface area contributed by atoms with Crippen LogP contribution in [0.4, 0.5) is 0 Å². The SMILES string of the molecule is CC(=O)[C@@H]1CN(C)CCN1.